The number of aromatic nitrogens is 4. The zero-order valence-electron chi connectivity index (χ0n) is 12.5. The number of hydrogen-bond acceptors (Lipinski definition) is 5. The Balaban J connectivity index is 1.69. The zero-order chi connectivity index (χ0) is 15.6. The molecule has 0 bridgehead atoms. The molecule has 0 radical (unpaired) electrons. The predicted molar refractivity (Wildman–Crippen MR) is 85.6 cm³/mol. The molecule has 2 aromatic carbocycles. The molecule has 0 aliphatic heterocycles. The Morgan fingerprint density at radius 3 is 2.70 bits per heavy atom. The highest BCUT2D eigenvalue weighted by Gasteiger charge is 2.09. The molecular weight excluding hydrogens is 292 g/mol. The average molecular weight is 306 g/mol. The van der Waals surface area contributed by atoms with Crippen molar-refractivity contribution in [3.05, 3.63) is 60.2 Å². The Hall–Kier alpha value is -3.15. The van der Waals surface area contributed by atoms with Crippen LogP contribution in [0.15, 0.2) is 54.6 Å². The summed E-state index contributed by atoms with van der Waals surface area (Å²) < 4.78 is 12.9. The van der Waals surface area contributed by atoms with Gasteiger partial charge in [-0.1, -0.05) is 24.3 Å². The summed E-state index contributed by atoms with van der Waals surface area (Å²) in [5.41, 5.74) is 2.64. The van der Waals surface area contributed by atoms with E-state index >= 15 is 0 Å². The van der Waals surface area contributed by atoms with Crippen molar-refractivity contribution in [1.82, 2.24) is 20.0 Å². The van der Waals surface area contributed by atoms with Crippen molar-refractivity contribution < 1.29 is 9.47 Å². The molecule has 6 heteroatoms. The fourth-order valence-corrected chi connectivity index (χ4v) is 2.52. The minimum atomic E-state index is 0.464. The molecule has 0 aliphatic carbocycles. The summed E-state index contributed by atoms with van der Waals surface area (Å²) in [4.78, 5) is 0. The maximum Gasteiger partial charge on any atom is 0.183 e. The number of fused-ring (bicyclic) bond motifs is 3. The smallest absolute Gasteiger partial charge is 0.183 e. The summed E-state index contributed by atoms with van der Waals surface area (Å²) in [6, 6.07) is 17.6. The van der Waals surface area contributed by atoms with Crippen LogP contribution in [0.2, 0.25) is 0 Å². The van der Waals surface area contributed by atoms with Crippen LogP contribution < -0.4 is 9.47 Å². The largest absolute Gasteiger partial charge is 0.497 e. The van der Waals surface area contributed by atoms with E-state index in [4.69, 9.17) is 9.47 Å². The van der Waals surface area contributed by atoms with E-state index in [1.807, 2.05) is 54.6 Å². The molecule has 4 rings (SSSR count). The van der Waals surface area contributed by atoms with Crippen molar-refractivity contribution in [2.75, 3.05) is 7.11 Å². The van der Waals surface area contributed by atoms with Crippen LogP contribution in [0.5, 0.6) is 11.5 Å². The highest BCUT2D eigenvalue weighted by Crippen LogP contribution is 2.27. The number of para-hydroxylation sites is 1. The summed E-state index contributed by atoms with van der Waals surface area (Å²) in [6.45, 7) is 0.464. The van der Waals surface area contributed by atoms with Crippen LogP contribution in [0.1, 0.15) is 5.56 Å². The van der Waals surface area contributed by atoms with Crippen LogP contribution in [0.4, 0.5) is 0 Å². The molecule has 114 valence electrons. The molecule has 0 atom stereocenters. The van der Waals surface area contributed by atoms with Crippen molar-refractivity contribution in [3.8, 4) is 11.5 Å². The van der Waals surface area contributed by atoms with Crippen LogP contribution >= 0.6 is 0 Å². The second-order valence-electron chi connectivity index (χ2n) is 5.11. The first-order chi connectivity index (χ1) is 11.3. The molecule has 2 aromatic heterocycles. The van der Waals surface area contributed by atoms with Gasteiger partial charge < -0.3 is 9.47 Å². The van der Waals surface area contributed by atoms with Crippen LogP contribution in [-0.4, -0.2) is 27.2 Å². The summed E-state index contributed by atoms with van der Waals surface area (Å²) in [5, 5.41) is 12.7. The molecule has 6 nitrogen and oxygen atoms in total. The number of ether oxygens (including phenoxy) is 2. The molecule has 0 saturated carbocycles. The first-order valence-corrected chi connectivity index (χ1v) is 7.21. The molecule has 4 aromatic rings. The third-order valence-corrected chi connectivity index (χ3v) is 3.70. The molecule has 0 amide bonds. The Morgan fingerprint density at radius 2 is 1.87 bits per heavy atom. The van der Waals surface area contributed by atoms with Crippen LogP contribution in [0, 0.1) is 0 Å². The second-order valence-corrected chi connectivity index (χ2v) is 5.11. The van der Waals surface area contributed by atoms with E-state index in [1.54, 1.807) is 11.6 Å². The Kier molecular flexibility index (Phi) is 3.27. The monoisotopic (exact) mass is 306 g/mol. The second kappa shape index (κ2) is 5.57. The van der Waals surface area contributed by atoms with E-state index in [1.165, 1.54) is 0 Å². The lowest BCUT2D eigenvalue weighted by atomic mass is 10.2. The normalized spacial score (nSPS) is 11.0. The number of methoxy groups -OCH3 is 1. The minimum absolute atomic E-state index is 0.464. The topological polar surface area (TPSA) is 61.5 Å². The number of benzene rings is 2. The third-order valence-electron chi connectivity index (χ3n) is 3.70. The first kappa shape index (κ1) is 13.5. The fraction of sp³-hybridized carbons (Fsp3) is 0.118. The Bertz CT molecular complexity index is 963. The van der Waals surface area contributed by atoms with Crippen LogP contribution in [0.25, 0.3) is 16.6 Å². The fourth-order valence-electron chi connectivity index (χ4n) is 2.52. The van der Waals surface area contributed by atoms with Crippen molar-refractivity contribution in [3.63, 3.8) is 0 Å². The van der Waals surface area contributed by atoms with E-state index in [0.29, 0.717) is 12.3 Å². The highest BCUT2D eigenvalue weighted by atomic mass is 16.5. The van der Waals surface area contributed by atoms with Crippen molar-refractivity contribution in [2.45, 2.75) is 6.61 Å². The lowest BCUT2D eigenvalue weighted by molar-refractivity contribution is 0.310. The summed E-state index contributed by atoms with van der Waals surface area (Å²) >= 11 is 0. The van der Waals surface area contributed by atoms with Gasteiger partial charge in [-0.15, -0.1) is 5.10 Å². The van der Waals surface area contributed by atoms with Crippen molar-refractivity contribution in [2.24, 2.45) is 0 Å². The predicted octanol–water partition coefficient (Wildman–Crippen LogP) is 2.87. The standard InChI is InChI=1S/C17H14N4O2/c1-22-13-8-6-12(7-9-13)11-23-16-10-17-18-19-20-21(17)15-5-3-2-4-14(15)16/h2-10H,11H2,1H3. The molecular formula is C17H14N4O2. The van der Waals surface area contributed by atoms with Gasteiger partial charge in [0.2, 0.25) is 0 Å². The highest BCUT2D eigenvalue weighted by molar-refractivity contribution is 5.87. The number of tetrazole rings is 1. The molecule has 0 N–H and O–H groups in total. The molecule has 0 unspecified atom stereocenters. The van der Waals surface area contributed by atoms with Gasteiger partial charge in [0.05, 0.1) is 12.6 Å². The summed E-state index contributed by atoms with van der Waals surface area (Å²) in [6.07, 6.45) is 0. The van der Waals surface area contributed by atoms with E-state index in [2.05, 4.69) is 15.5 Å². The Labute approximate surface area is 132 Å². The van der Waals surface area contributed by atoms with Gasteiger partial charge in [-0.3, -0.25) is 0 Å². The molecule has 0 fully saturated rings. The van der Waals surface area contributed by atoms with E-state index < -0.39 is 0 Å². The maximum atomic E-state index is 6.01. The Morgan fingerprint density at radius 1 is 1.04 bits per heavy atom. The quantitative estimate of drug-likeness (QED) is 0.580. The lowest BCUT2D eigenvalue weighted by Gasteiger charge is -2.10. The van der Waals surface area contributed by atoms with Gasteiger partial charge in [0.15, 0.2) is 5.65 Å². The van der Waals surface area contributed by atoms with Crippen LogP contribution in [-0.2, 0) is 6.61 Å². The summed E-state index contributed by atoms with van der Waals surface area (Å²) in [5.74, 6) is 1.59. The van der Waals surface area contributed by atoms with Gasteiger partial charge in [-0.25, -0.2) is 0 Å². The number of pyridine rings is 1. The van der Waals surface area contributed by atoms with Gasteiger partial charge >= 0.3 is 0 Å². The van der Waals surface area contributed by atoms with E-state index in [-0.39, 0.29) is 0 Å². The van der Waals surface area contributed by atoms with Gasteiger partial charge in [-0.2, -0.15) is 4.52 Å². The van der Waals surface area contributed by atoms with Crippen LogP contribution in [0.3, 0.4) is 0 Å². The van der Waals surface area contributed by atoms with Gasteiger partial charge in [0, 0.05) is 11.5 Å². The van der Waals surface area contributed by atoms with Crippen molar-refractivity contribution in [1.29, 1.82) is 0 Å². The van der Waals surface area contributed by atoms with Gasteiger partial charge in [0.25, 0.3) is 0 Å². The SMILES string of the molecule is COc1ccc(COc2cc3nnnn3c3ccccc23)cc1. The van der Waals surface area contributed by atoms with Gasteiger partial charge in [-0.05, 0) is 40.3 Å². The zero-order valence-corrected chi connectivity index (χ0v) is 12.5. The lowest BCUT2D eigenvalue weighted by Crippen LogP contribution is -1.99. The minimum Gasteiger partial charge on any atom is -0.497 e. The first-order valence-electron chi connectivity index (χ1n) is 7.21. The summed E-state index contributed by atoms with van der Waals surface area (Å²) in [7, 11) is 1.65. The molecule has 0 spiro atoms. The maximum absolute atomic E-state index is 6.01. The van der Waals surface area contributed by atoms with Gasteiger partial charge in [0.1, 0.15) is 18.1 Å². The number of nitrogens with zero attached hydrogens (tertiary/aromatic N) is 4. The number of hydrogen-bond donors (Lipinski definition) is 0. The molecule has 0 saturated heterocycles. The molecule has 23 heavy (non-hydrogen) atoms. The third kappa shape index (κ3) is 2.44. The molecule has 0 aliphatic rings. The van der Waals surface area contributed by atoms with E-state index in [9.17, 15) is 0 Å². The van der Waals surface area contributed by atoms with E-state index in [0.717, 1.165) is 28.0 Å². The average Bonchev–Trinajstić information content (AvgIpc) is 3.09. The van der Waals surface area contributed by atoms with Crippen molar-refractivity contribution >= 4 is 16.6 Å². The number of rotatable bonds is 4. The molecule has 2 heterocycles.